The summed E-state index contributed by atoms with van der Waals surface area (Å²) in [6.07, 6.45) is 3.47. The van der Waals surface area contributed by atoms with E-state index in [2.05, 4.69) is 9.97 Å². The van der Waals surface area contributed by atoms with E-state index in [1.165, 1.54) is 0 Å². The molecule has 0 bridgehead atoms. The lowest BCUT2D eigenvalue weighted by molar-refractivity contribution is 0.364. The van der Waals surface area contributed by atoms with E-state index in [0.717, 1.165) is 5.69 Å². The third kappa shape index (κ3) is 1.29. The van der Waals surface area contributed by atoms with Crippen LogP contribution in [0.3, 0.4) is 0 Å². The number of aromatic nitrogens is 2. The highest BCUT2D eigenvalue weighted by Crippen LogP contribution is 2.31. The van der Waals surface area contributed by atoms with Crippen LogP contribution in [0.25, 0.3) is 11.5 Å². The summed E-state index contributed by atoms with van der Waals surface area (Å²) in [5.74, 6) is 1.33. The second kappa shape index (κ2) is 2.92. The molecule has 4 nitrogen and oxygen atoms in total. The normalized spacial score (nSPS) is 19.6. The maximum Gasteiger partial charge on any atom is 0.226 e. The first-order valence-corrected chi connectivity index (χ1v) is 4.42. The van der Waals surface area contributed by atoms with Crippen LogP contribution >= 0.6 is 0 Å². The molecule has 1 saturated heterocycles. The summed E-state index contributed by atoms with van der Waals surface area (Å²) in [4.78, 5) is 8.29. The Morgan fingerprint density at radius 1 is 1.29 bits per heavy atom. The standard InChI is InChI=1S/C10H8N2O2/c1-2-4-11-7(3-1)8-5-12-10(14-8)9-6-13-9/h1-5,9H,6H2/t9-/m0/s1. The third-order valence-corrected chi connectivity index (χ3v) is 2.05. The van der Waals surface area contributed by atoms with E-state index in [1.54, 1.807) is 12.4 Å². The van der Waals surface area contributed by atoms with E-state index in [4.69, 9.17) is 9.15 Å². The molecule has 0 unspecified atom stereocenters. The van der Waals surface area contributed by atoms with Crippen LogP contribution in [0.15, 0.2) is 35.0 Å². The molecule has 0 N–H and O–H groups in total. The van der Waals surface area contributed by atoms with E-state index in [-0.39, 0.29) is 6.10 Å². The van der Waals surface area contributed by atoms with E-state index in [9.17, 15) is 0 Å². The van der Waals surface area contributed by atoms with Gasteiger partial charge in [0.05, 0.1) is 12.8 Å². The Morgan fingerprint density at radius 3 is 2.93 bits per heavy atom. The summed E-state index contributed by atoms with van der Waals surface area (Å²) in [5, 5.41) is 0. The average molecular weight is 188 g/mol. The fraction of sp³-hybridized carbons (Fsp3) is 0.200. The van der Waals surface area contributed by atoms with Crippen LogP contribution < -0.4 is 0 Å². The third-order valence-electron chi connectivity index (χ3n) is 2.05. The number of pyridine rings is 1. The van der Waals surface area contributed by atoms with Crippen molar-refractivity contribution in [3.8, 4) is 11.5 Å². The summed E-state index contributed by atoms with van der Waals surface area (Å²) in [7, 11) is 0. The molecule has 2 aromatic heterocycles. The number of nitrogens with zero attached hydrogens (tertiary/aromatic N) is 2. The molecule has 4 heteroatoms. The zero-order valence-electron chi connectivity index (χ0n) is 7.38. The Balaban J connectivity index is 1.96. The van der Waals surface area contributed by atoms with E-state index < -0.39 is 0 Å². The first-order chi connectivity index (χ1) is 6.93. The molecule has 1 fully saturated rings. The van der Waals surface area contributed by atoms with E-state index in [1.807, 2.05) is 18.2 Å². The summed E-state index contributed by atoms with van der Waals surface area (Å²) in [6.45, 7) is 0.710. The van der Waals surface area contributed by atoms with Gasteiger partial charge in [-0.25, -0.2) is 4.98 Å². The number of epoxide rings is 1. The molecular formula is C10H8N2O2. The molecule has 1 aliphatic heterocycles. The van der Waals surface area contributed by atoms with E-state index in [0.29, 0.717) is 18.3 Å². The summed E-state index contributed by atoms with van der Waals surface area (Å²) >= 11 is 0. The lowest BCUT2D eigenvalue weighted by Crippen LogP contribution is -1.78. The van der Waals surface area contributed by atoms with Crippen LogP contribution in [-0.2, 0) is 4.74 Å². The molecule has 0 saturated carbocycles. The van der Waals surface area contributed by atoms with Crippen molar-refractivity contribution in [1.29, 1.82) is 0 Å². The molecule has 1 aliphatic rings. The van der Waals surface area contributed by atoms with Gasteiger partial charge in [-0.1, -0.05) is 6.07 Å². The molecule has 3 heterocycles. The second-order valence-electron chi connectivity index (χ2n) is 3.10. The molecular weight excluding hydrogens is 180 g/mol. The van der Waals surface area contributed by atoms with Gasteiger partial charge in [0.2, 0.25) is 5.89 Å². The van der Waals surface area contributed by atoms with Crippen LogP contribution in [0, 0.1) is 0 Å². The van der Waals surface area contributed by atoms with Gasteiger partial charge in [-0.05, 0) is 12.1 Å². The van der Waals surface area contributed by atoms with Gasteiger partial charge in [-0.15, -0.1) is 0 Å². The fourth-order valence-corrected chi connectivity index (χ4v) is 1.25. The van der Waals surface area contributed by atoms with Crippen molar-refractivity contribution in [2.24, 2.45) is 0 Å². The molecule has 2 aromatic rings. The minimum atomic E-state index is 0.0625. The molecule has 70 valence electrons. The first-order valence-electron chi connectivity index (χ1n) is 4.42. The molecule has 0 amide bonds. The van der Waals surface area contributed by atoms with Crippen molar-refractivity contribution in [1.82, 2.24) is 9.97 Å². The summed E-state index contributed by atoms with van der Waals surface area (Å²) in [5.41, 5.74) is 0.798. The van der Waals surface area contributed by atoms with Crippen molar-refractivity contribution in [2.75, 3.05) is 6.61 Å². The molecule has 0 spiro atoms. The van der Waals surface area contributed by atoms with Gasteiger partial charge >= 0.3 is 0 Å². The maximum absolute atomic E-state index is 5.50. The quantitative estimate of drug-likeness (QED) is 0.674. The highest BCUT2D eigenvalue weighted by molar-refractivity contribution is 5.49. The lowest BCUT2D eigenvalue weighted by Gasteiger charge is -1.92. The van der Waals surface area contributed by atoms with Crippen molar-refractivity contribution in [3.05, 3.63) is 36.5 Å². The topological polar surface area (TPSA) is 51.5 Å². The molecule has 1 atom stereocenters. The highest BCUT2D eigenvalue weighted by Gasteiger charge is 2.30. The molecule has 14 heavy (non-hydrogen) atoms. The van der Waals surface area contributed by atoms with Gasteiger partial charge in [0.15, 0.2) is 11.9 Å². The number of hydrogen-bond acceptors (Lipinski definition) is 4. The Hall–Kier alpha value is -1.68. The van der Waals surface area contributed by atoms with Gasteiger partial charge < -0.3 is 9.15 Å². The predicted octanol–water partition coefficient (Wildman–Crippen LogP) is 1.81. The van der Waals surface area contributed by atoms with Gasteiger partial charge in [0, 0.05) is 6.20 Å². The van der Waals surface area contributed by atoms with Gasteiger partial charge in [-0.2, -0.15) is 0 Å². The fourth-order valence-electron chi connectivity index (χ4n) is 1.25. The van der Waals surface area contributed by atoms with Crippen LogP contribution in [0.2, 0.25) is 0 Å². The van der Waals surface area contributed by atoms with Crippen molar-refractivity contribution >= 4 is 0 Å². The molecule has 0 aromatic carbocycles. The Morgan fingerprint density at radius 2 is 2.21 bits per heavy atom. The lowest BCUT2D eigenvalue weighted by atomic mass is 10.3. The van der Waals surface area contributed by atoms with Crippen LogP contribution in [-0.4, -0.2) is 16.6 Å². The van der Waals surface area contributed by atoms with Crippen molar-refractivity contribution in [2.45, 2.75) is 6.10 Å². The zero-order valence-corrected chi connectivity index (χ0v) is 7.38. The van der Waals surface area contributed by atoms with Crippen LogP contribution in [0.1, 0.15) is 12.0 Å². The monoisotopic (exact) mass is 188 g/mol. The van der Waals surface area contributed by atoms with Crippen molar-refractivity contribution in [3.63, 3.8) is 0 Å². The number of oxazole rings is 1. The number of ether oxygens (including phenoxy) is 1. The van der Waals surface area contributed by atoms with E-state index >= 15 is 0 Å². The Kier molecular flexibility index (Phi) is 1.61. The number of hydrogen-bond donors (Lipinski definition) is 0. The predicted molar refractivity (Wildman–Crippen MR) is 48.4 cm³/mol. The summed E-state index contributed by atoms with van der Waals surface area (Å²) < 4.78 is 10.6. The summed E-state index contributed by atoms with van der Waals surface area (Å²) in [6, 6.07) is 5.67. The highest BCUT2D eigenvalue weighted by atomic mass is 16.6. The average Bonchev–Trinajstić information content (AvgIpc) is 2.98. The minimum absolute atomic E-state index is 0.0625. The Labute approximate surface area is 80.6 Å². The first kappa shape index (κ1) is 7.70. The zero-order chi connectivity index (χ0) is 9.38. The second-order valence-corrected chi connectivity index (χ2v) is 3.10. The largest absolute Gasteiger partial charge is 0.436 e. The molecule has 0 radical (unpaired) electrons. The van der Waals surface area contributed by atoms with Gasteiger partial charge in [-0.3, -0.25) is 4.98 Å². The number of rotatable bonds is 2. The molecule has 3 rings (SSSR count). The van der Waals surface area contributed by atoms with Crippen LogP contribution in [0.5, 0.6) is 0 Å². The van der Waals surface area contributed by atoms with Crippen molar-refractivity contribution < 1.29 is 9.15 Å². The minimum Gasteiger partial charge on any atom is -0.436 e. The maximum atomic E-state index is 5.50. The van der Waals surface area contributed by atoms with Gasteiger partial charge in [0.25, 0.3) is 0 Å². The van der Waals surface area contributed by atoms with Gasteiger partial charge in [0.1, 0.15) is 5.69 Å². The SMILES string of the molecule is c1ccc(-c2cnc([C@@H]3CO3)o2)nc1. The van der Waals surface area contributed by atoms with Crippen LogP contribution in [0.4, 0.5) is 0 Å². The smallest absolute Gasteiger partial charge is 0.226 e. The molecule has 0 aliphatic carbocycles. The Bertz CT molecular complexity index is 434.